The second-order valence-corrected chi connectivity index (χ2v) is 6.05. The molecule has 2 aromatic carbocycles. The summed E-state index contributed by atoms with van der Waals surface area (Å²) in [5, 5.41) is 12.9. The van der Waals surface area contributed by atoms with Gasteiger partial charge in [-0.2, -0.15) is 0 Å². The molecule has 4 rings (SSSR count). The number of rotatable bonds is 5. The summed E-state index contributed by atoms with van der Waals surface area (Å²) >= 11 is 0. The number of pyridine rings is 1. The van der Waals surface area contributed by atoms with E-state index in [9.17, 15) is 9.90 Å². The molecule has 0 bridgehead atoms. The maximum atomic E-state index is 12.4. The molecule has 0 saturated heterocycles. The first-order valence-electron chi connectivity index (χ1n) is 8.30. The van der Waals surface area contributed by atoms with Crippen molar-refractivity contribution in [2.45, 2.75) is 12.6 Å². The molecule has 2 aromatic heterocycles. The fourth-order valence-corrected chi connectivity index (χ4v) is 2.86. The molecule has 0 saturated carbocycles. The molecule has 130 valence electrons. The van der Waals surface area contributed by atoms with Crippen LogP contribution in [-0.4, -0.2) is 32.4 Å². The van der Waals surface area contributed by atoms with Crippen molar-refractivity contribution in [3.63, 3.8) is 0 Å². The van der Waals surface area contributed by atoms with E-state index in [4.69, 9.17) is 4.74 Å². The van der Waals surface area contributed by atoms with Crippen LogP contribution in [0.1, 0.15) is 0 Å². The summed E-state index contributed by atoms with van der Waals surface area (Å²) < 4.78 is 7.05. The fourth-order valence-electron chi connectivity index (χ4n) is 2.86. The zero-order valence-corrected chi connectivity index (χ0v) is 13.9. The molecule has 2 heterocycles. The van der Waals surface area contributed by atoms with E-state index in [2.05, 4.69) is 9.97 Å². The van der Waals surface area contributed by atoms with Gasteiger partial charge in [0.15, 0.2) is 5.65 Å². The number of nitrogens with zero attached hydrogens (tertiary/aromatic N) is 3. The summed E-state index contributed by atoms with van der Waals surface area (Å²) in [6.45, 7) is 0.181. The van der Waals surface area contributed by atoms with Gasteiger partial charge in [-0.05, 0) is 35.0 Å². The van der Waals surface area contributed by atoms with E-state index in [1.54, 1.807) is 18.3 Å². The predicted octanol–water partition coefficient (Wildman–Crippen LogP) is 2.38. The van der Waals surface area contributed by atoms with Crippen LogP contribution in [0, 0.1) is 0 Å². The molecule has 26 heavy (non-hydrogen) atoms. The minimum absolute atomic E-state index is 0.0792. The molecular weight excluding hydrogens is 330 g/mol. The van der Waals surface area contributed by atoms with Crippen molar-refractivity contribution in [3.8, 4) is 5.75 Å². The van der Waals surface area contributed by atoms with Gasteiger partial charge in [-0.15, -0.1) is 0 Å². The maximum Gasteiger partial charge on any atom is 0.262 e. The molecule has 6 heteroatoms. The molecular formula is C20H17N3O3. The lowest BCUT2D eigenvalue weighted by Gasteiger charge is -2.14. The van der Waals surface area contributed by atoms with E-state index >= 15 is 0 Å². The summed E-state index contributed by atoms with van der Waals surface area (Å²) in [4.78, 5) is 20.6. The lowest BCUT2D eigenvalue weighted by Crippen LogP contribution is -2.30. The van der Waals surface area contributed by atoms with E-state index in [0.717, 1.165) is 10.8 Å². The molecule has 0 aliphatic carbocycles. The molecule has 0 aliphatic rings. The Labute approximate surface area is 149 Å². The van der Waals surface area contributed by atoms with Crippen LogP contribution in [-0.2, 0) is 6.54 Å². The lowest BCUT2D eigenvalue weighted by molar-refractivity contribution is 0.0915. The van der Waals surface area contributed by atoms with Crippen LogP contribution in [0.2, 0.25) is 0 Å². The van der Waals surface area contributed by atoms with Crippen molar-refractivity contribution in [3.05, 3.63) is 77.5 Å². The minimum Gasteiger partial charge on any atom is -0.491 e. The van der Waals surface area contributed by atoms with E-state index in [1.807, 2.05) is 42.5 Å². The number of hydrogen-bond donors (Lipinski definition) is 1. The molecule has 4 aromatic rings. The zero-order valence-electron chi connectivity index (χ0n) is 13.9. The standard InChI is InChI=1S/C20H17N3O3/c24-16(11-23-13-22-19-18(20(23)25)6-3-9-21-19)12-26-17-8-7-14-4-1-2-5-15(14)10-17/h1-10,13,16,24H,11-12H2/t16-/m1/s1. The Balaban J connectivity index is 1.46. The smallest absolute Gasteiger partial charge is 0.262 e. The van der Waals surface area contributed by atoms with Crippen LogP contribution >= 0.6 is 0 Å². The van der Waals surface area contributed by atoms with E-state index in [0.29, 0.717) is 16.8 Å². The molecule has 6 nitrogen and oxygen atoms in total. The van der Waals surface area contributed by atoms with E-state index in [1.165, 1.54) is 10.9 Å². The lowest BCUT2D eigenvalue weighted by atomic mass is 10.1. The monoisotopic (exact) mass is 347 g/mol. The maximum absolute atomic E-state index is 12.4. The molecule has 0 unspecified atom stereocenters. The van der Waals surface area contributed by atoms with Crippen molar-refractivity contribution in [2.24, 2.45) is 0 Å². The molecule has 0 aliphatic heterocycles. The van der Waals surface area contributed by atoms with Gasteiger partial charge in [-0.1, -0.05) is 30.3 Å². The highest BCUT2D eigenvalue weighted by Crippen LogP contribution is 2.20. The average molecular weight is 347 g/mol. The number of ether oxygens (including phenoxy) is 1. The Morgan fingerprint density at radius 1 is 1.04 bits per heavy atom. The van der Waals surface area contributed by atoms with Crippen LogP contribution in [0.25, 0.3) is 21.8 Å². The summed E-state index contributed by atoms with van der Waals surface area (Å²) in [5.74, 6) is 0.677. The molecule has 1 N–H and O–H groups in total. The molecule has 0 radical (unpaired) electrons. The van der Waals surface area contributed by atoms with Crippen molar-refractivity contribution in [1.82, 2.24) is 14.5 Å². The second-order valence-electron chi connectivity index (χ2n) is 6.05. The normalized spacial score (nSPS) is 12.3. The van der Waals surface area contributed by atoms with Gasteiger partial charge in [0, 0.05) is 6.20 Å². The first-order valence-corrected chi connectivity index (χ1v) is 8.30. The quantitative estimate of drug-likeness (QED) is 0.600. The first kappa shape index (κ1) is 16.2. The van der Waals surface area contributed by atoms with Crippen LogP contribution in [0.3, 0.4) is 0 Å². The fraction of sp³-hybridized carbons (Fsp3) is 0.150. The van der Waals surface area contributed by atoms with Gasteiger partial charge in [0.1, 0.15) is 24.8 Å². The average Bonchev–Trinajstić information content (AvgIpc) is 2.68. The zero-order chi connectivity index (χ0) is 17.9. The largest absolute Gasteiger partial charge is 0.491 e. The van der Waals surface area contributed by atoms with Crippen LogP contribution in [0.15, 0.2) is 71.9 Å². The summed E-state index contributed by atoms with van der Waals surface area (Å²) in [5.41, 5.74) is 0.170. The highest BCUT2D eigenvalue weighted by atomic mass is 16.5. The Hall–Kier alpha value is -3.25. The van der Waals surface area contributed by atoms with Crippen LogP contribution in [0.5, 0.6) is 5.75 Å². The van der Waals surface area contributed by atoms with Crippen LogP contribution < -0.4 is 10.3 Å². The Bertz CT molecular complexity index is 1120. The van der Waals surface area contributed by atoms with Crippen molar-refractivity contribution < 1.29 is 9.84 Å². The number of aliphatic hydroxyl groups excluding tert-OH is 1. The van der Waals surface area contributed by atoms with Crippen molar-refractivity contribution in [2.75, 3.05) is 6.61 Å². The summed E-state index contributed by atoms with van der Waals surface area (Å²) in [6, 6.07) is 17.1. The Kier molecular flexibility index (Phi) is 4.33. The van der Waals surface area contributed by atoms with Gasteiger partial charge < -0.3 is 9.84 Å². The molecule has 1 atom stereocenters. The third-order valence-corrected chi connectivity index (χ3v) is 4.17. The first-order chi connectivity index (χ1) is 12.7. The molecule has 0 fully saturated rings. The van der Waals surface area contributed by atoms with E-state index < -0.39 is 6.10 Å². The van der Waals surface area contributed by atoms with Crippen LogP contribution in [0.4, 0.5) is 0 Å². The highest BCUT2D eigenvalue weighted by molar-refractivity contribution is 5.83. The number of fused-ring (bicyclic) bond motifs is 2. The highest BCUT2D eigenvalue weighted by Gasteiger charge is 2.10. The summed E-state index contributed by atoms with van der Waals surface area (Å²) in [7, 11) is 0. The summed E-state index contributed by atoms with van der Waals surface area (Å²) in [6.07, 6.45) is 2.15. The van der Waals surface area contributed by atoms with Gasteiger partial charge in [0.05, 0.1) is 11.9 Å². The number of aliphatic hydroxyl groups is 1. The van der Waals surface area contributed by atoms with Gasteiger partial charge in [0.2, 0.25) is 0 Å². The number of aromatic nitrogens is 3. The number of benzene rings is 2. The SMILES string of the molecule is O=c1c2cccnc2ncn1C[C@@H](O)COc1ccc2ccccc2c1. The van der Waals surface area contributed by atoms with Gasteiger partial charge in [0.25, 0.3) is 5.56 Å². The Morgan fingerprint density at radius 2 is 1.88 bits per heavy atom. The number of hydrogen-bond acceptors (Lipinski definition) is 5. The van der Waals surface area contributed by atoms with Gasteiger partial charge >= 0.3 is 0 Å². The van der Waals surface area contributed by atoms with E-state index in [-0.39, 0.29) is 18.7 Å². The van der Waals surface area contributed by atoms with Crippen molar-refractivity contribution in [1.29, 1.82) is 0 Å². The third kappa shape index (κ3) is 3.27. The minimum atomic E-state index is -0.838. The van der Waals surface area contributed by atoms with Crippen molar-refractivity contribution >= 4 is 21.8 Å². The van der Waals surface area contributed by atoms with Gasteiger partial charge in [-0.3, -0.25) is 9.36 Å². The van der Waals surface area contributed by atoms with Gasteiger partial charge in [-0.25, -0.2) is 9.97 Å². The Morgan fingerprint density at radius 3 is 2.77 bits per heavy atom. The second kappa shape index (κ2) is 6.93. The topological polar surface area (TPSA) is 77.2 Å². The molecule has 0 amide bonds. The predicted molar refractivity (Wildman–Crippen MR) is 99.2 cm³/mol. The molecule has 0 spiro atoms. The third-order valence-electron chi connectivity index (χ3n) is 4.17.